The number of benzene rings is 2. The van der Waals surface area contributed by atoms with Crippen LogP contribution in [-0.4, -0.2) is 49.2 Å². The van der Waals surface area contributed by atoms with Crippen molar-refractivity contribution in [3.8, 4) is 0 Å². The summed E-state index contributed by atoms with van der Waals surface area (Å²) >= 11 is 0. The van der Waals surface area contributed by atoms with Crippen molar-refractivity contribution in [2.75, 3.05) is 31.2 Å². The topological polar surface area (TPSA) is 75.2 Å². The molecule has 0 unspecified atom stereocenters. The van der Waals surface area contributed by atoms with Crippen LogP contribution in [0, 0.1) is 0 Å². The molecule has 1 N–H and O–H groups in total. The third-order valence-electron chi connectivity index (χ3n) is 4.94. The molecular weight excluding hydrogens is 372 g/mol. The molecule has 0 bridgehead atoms. The fourth-order valence-corrected chi connectivity index (χ4v) is 4.05. The molecule has 148 valence electrons. The molecule has 0 saturated carbocycles. The molecule has 7 heteroatoms. The van der Waals surface area contributed by atoms with Crippen LogP contribution in [-0.2, 0) is 9.84 Å². The standard InChI is InChI=1S/C21H26N4O2S/c1-4-25(5-2)20(16-9-7-6-8-10-16)14-22-21-18-13-17(28(3,26)27)11-12-19(18)23-15-24-21/h6-13,15,20H,4-5,14H2,1-3H3,(H,22,23,24)/t20-/m1/s1. The Kier molecular flexibility index (Phi) is 6.26. The van der Waals surface area contributed by atoms with Gasteiger partial charge in [0.15, 0.2) is 9.84 Å². The van der Waals surface area contributed by atoms with Gasteiger partial charge in [0.25, 0.3) is 0 Å². The second kappa shape index (κ2) is 8.67. The smallest absolute Gasteiger partial charge is 0.175 e. The van der Waals surface area contributed by atoms with E-state index in [2.05, 4.69) is 46.2 Å². The van der Waals surface area contributed by atoms with E-state index in [9.17, 15) is 8.42 Å². The molecule has 28 heavy (non-hydrogen) atoms. The highest BCUT2D eigenvalue weighted by Gasteiger charge is 2.18. The zero-order chi connectivity index (χ0) is 20.1. The van der Waals surface area contributed by atoms with Gasteiger partial charge >= 0.3 is 0 Å². The monoisotopic (exact) mass is 398 g/mol. The van der Waals surface area contributed by atoms with Crippen molar-refractivity contribution in [2.24, 2.45) is 0 Å². The molecule has 1 heterocycles. The lowest BCUT2D eigenvalue weighted by molar-refractivity contribution is 0.228. The average Bonchev–Trinajstić information content (AvgIpc) is 2.70. The molecule has 1 aromatic heterocycles. The van der Waals surface area contributed by atoms with Crippen molar-refractivity contribution in [3.05, 3.63) is 60.4 Å². The van der Waals surface area contributed by atoms with E-state index < -0.39 is 9.84 Å². The predicted molar refractivity (Wildman–Crippen MR) is 113 cm³/mol. The third-order valence-corrected chi connectivity index (χ3v) is 6.05. The first-order valence-corrected chi connectivity index (χ1v) is 11.3. The highest BCUT2D eigenvalue weighted by Crippen LogP contribution is 2.25. The lowest BCUT2D eigenvalue weighted by atomic mass is 10.0. The van der Waals surface area contributed by atoms with E-state index in [0.29, 0.717) is 23.3 Å². The Morgan fingerprint density at radius 3 is 2.39 bits per heavy atom. The van der Waals surface area contributed by atoms with Gasteiger partial charge in [-0.1, -0.05) is 44.2 Å². The van der Waals surface area contributed by atoms with Gasteiger partial charge in [-0.15, -0.1) is 0 Å². The van der Waals surface area contributed by atoms with Crippen LogP contribution in [0.4, 0.5) is 5.82 Å². The maximum absolute atomic E-state index is 11.9. The molecule has 0 aliphatic carbocycles. The van der Waals surface area contributed by atoms with Crippen LogP contribution >= 0.6 is 0 Å². The van der Waals surface area contributed by atoms with Crippen LogP contribution in [0.25, 0.3) is 10.9 Å². The number of hydrogen-bond acceptors (Lipinski definition) is 6. The van der Waals surface area contributed by atoms with Crippen molar-refractivity contribution >= 4 is 26.6 Å². The lowest BCUT2D eigenvalue weighted by Crippen LogP contribution is -2.33. The van der Waals surface area contributed by atoms with Crippen LogP contribution in [0.3, 0.4) is 0 Å². The van der Waals surface area contributed by atoms with Crippen molar-refractivity contribution in [1.82, 2.24) is 14.9 Å². The van der Waals surface area contributed by atoms with Crippen LogP contribution in [0.5, 0.6) is 0 Å². The Hall–Kier alpha value is -2.51. The highest BCUT2D eigenvalue weighted by molar-refractivity contribution is 7.90. The molecular formula is C21H26N4O2S. The summed E-state index contributed by atoms with van der Waals surface area (Å²) in [4.78, 5) is 11.3. The van der Waals surface area contributed by atoms with Gasteiger partial charge in [-0.25, -0.2) is 18.4 Å². The maximum Gasteiger partial charge on any atom is 0.175 e. The number of anilines is 1. The molecule has 0 fully saturated rings. The number of nitrogens with zero attached hydrogens (tertiary/aromatic N) is 3. The van der Waals surface area contributed by atoms with E-state index >= 15 is 0 Å². The fourth-order valence-electron chi connectivity index (χ4n) is 3.40. The molecule has 0 amide bonds. The second-order valence-corrected chi connectivity index (χ2v) is 8.72. The summed E-state index contributed by atoms with van der Waals surface area (Å²) in [6, 6.07) is 15.5. The Morgan fingerprint density at radius 2 is 1.75 bits per heavy atom. The number of sulfone groups is 1. The number of rotatable bonds is 8. The van der Waals surface area contributed by atoms with Gasteiger partial charge in [-0.3, -0.25) is 4.90 Å². The van der Waals surface area contributed by atoms with E-state index in [1.165, 1.54) is 18.1 Å². The van der Waals surface area contributed by atoms with Crippen LogP contribution in [0.15, 0.2) is 59.8 Å². The van der Waals surface area contributed by atoms with E-state index in [1.54, 1.807) is 18.2 Å². The number of hydrogen-bond donors (Lipinski definition) is 1. The average molecular weight is 399 g/mol. The summed E-state index contributed by atoms with van der Waals surface area (Å²) in [6.45, 7) is 6.82. The van der Waals surface area contributed by atoms with Crippen LogP contribution < -0.4 is 5.32 Å². The minimum atomic E-state index is -3.30. The second-order valence-electron chi connectivity index (χ2n) is 6.70. The summed E-state index contributed by atoms with van der Waals surface area (Å²) in [5.74, 6) is 0.642. The summed E-state index contributed by atoms with van der Waals surface area (Å²) in [6.07, 6.45) is 2.70. The lowest BCUT2D eigenvalue weighted by Gasteiger charge is -2.30. The first-order chi connectivity index (χ1) is 13.4. The van der Waals surface area contributed by atoms with Crippen LogP contribution in [0.1, 0.15) is 25.5 Å². The molecule has 0 aliphatic heterocycles. The van der Waals surface area contributed by atoms with E-state index in [-0.39, 0.29) is 10.9 Å². The van der Waals surface area contributed by atoms with Gasteiger partial charge in [-0.2, -0.15) is 0 Å². The quantitative estimate of drug-likeness (QED) is 0.626. The Morgan fingerprint density at radius 1 is 1.04 bits per heavy atom. The molecule has 0 spiro atoms. The number of aromatic nitrogens is 2. The SMILES string of the molecule is CCN(CC)[C@H](CNc1ncnc2ccc(S(C)(=O)=O)cc12)c1ccccc1. The molecule has 2 aromatic carbocycles. The normalized spacial score (nSPS) is 13.0. The summed E-state index contributed by atoms with van der Waals surface area (Å²) in [5, 5.41) is 4.13. The minimum absolute atomic E-state index is 0.180. The van der Waals surface area contributed by atoms with Gasteiger partial charge in [0.05, 0.1) is 16.5 Å². The highest BCUT2D eigenvalue weighted by atomic mass is 32.2. The number of likely N-dealkylation sites (N-methyl/N-ethyl adjacent to an activating group) is 1. The van der Waals surface area contributed by atoms with Crippen molar-refractivity contribution < 1.29 is 8.42 Å². The van der Waals surface area contributed by atoms with Gasteiger partial charge in [0, 0.05) is 18.2 Å². The number of fused-ring (bicyclic) bond motifs is 1. The Balaban J connectivity index is 1.94. The van der Waals surface area contributed by atoms with Gasteiger partial charge < -0.3 is 5.32 Å². The molecule has 0 saturated heterocycles. The predicted octanol–water partition coefficient (Wildman–Crippen LogP) is 3.53. The van der Waals surface area contributed by atoms with Crippen molar-refractivity contribution in [1.29, 1.82) is 0 Å². The first kappa shape index (κ1) is 20.2. The van der Waals surface area contributed by atoms with E-state index in [0.717, 1.165) is 13.1 Å². The van der Waals surface area contributed by atoms with E-state index in [4.69, 9.17) is 0 Å². The molecule has 3 rings (SSSR count). The third kappa shape index (κ3) is 4.48. The maximum atomic E-state index is 11.9. The molecule has 1 atom stereocenters. The van der Waals surface area contributed by atoms with Gasteiger partial charge in [0.1, 0.15) is 12.1 Å². The Labute approximate surface area is 166 Å². The molecule has 6 nitrogen and oxygen atoms in total. The summed E-state index contributed by atoms with van der Waals surface area (Å²) in [5.41, 5.74) is 1.94. The van der Waals surface area contributed by atoms with Gasteiger partial charge in [-0.05, 0) is 36.9 Å². The Bertz CT molecular complexity index is 1030. The first-order valence-electron chi connectivity index (χ1n) is 9.41. The zero-order valence-electron chi connectivity index (χ0n) is 16.5. The molecule has 0 aliphatic rings. The molecule has 0 radical (unpaired) electrons. The minimum Gasteiger partial charge on any atom is -0.368 e. The number of nitrogens with one attached hydrogen (secondary N) is 1. The molecule has 3 aromatic rings. The van der Waals surface area contributed by atoms with E-state index in [1.807, 2.05) is 18.2 Å². The summed E-state index contributed by atoms with van der Waals surface area (Å²) in [7, 11) is -3.30. The largest absolute Gasteiger partial charge is 0.368 e. The van der Waals surface area contributed by atoms with Gasteiger partial charge in [0.2, 0.25) is 0 Å². The zero-order valence-corrected chi connectivity index (χ0v) is 17.3. The van der Waals surface area contributed by atoms with Crippen molar-refractivity contribution in [2.45, 2.75) is 24.8 Å². The van der Waals surface area contributed by atoms with Crippen molar-refractivity contribution in [3.63, 3.8) is 0 Å². The summed E-state index contributed by atoms with van der Waals surface area (Å²) < 4.78 is 23.9. The van der Waals surface area contributed by atoms with Crippen LogP contribution in [0.2, 0.25) is 0 Å². The fraction of sp³-hybridized carbons (Fsp3) is 0.333.